The van der Waals surface area contributed by atoms with Crippen LogP contribution in [0.3, 0.4) is 0 Å². The second-order valence-electron chi connectivity index (χ2n) is 4.94. The molecule has 0 radical (unpaired) electrons. The third-order valence-electron chi connectivity index (χ3n) is 3.20. The zero-order valence-corrected chi connectivity index (χ0v) is 9.82. The molecule has 1 fully saturated rings. The molecule has 88 valence electrons. The van der Waals surface area contributed by atoms with E-state index in [1.165, 1.54) is 0 Å². The lowest BCUT2D eigenvalue weighted by Gasteiger charge is -2.27. The molecule has 0 aliphatic carbocycles. The average Bonchev–Trinajstić information content (AvgIpc) is 2.66. The molecule has 0 aromatic carbocycles. The lowest BCUT2D eigenvalue weighted by atomic mass is 9.89. The molecule has 1 unspecified atom stereocenters. The van der Waals surface area contributed by atoms with Crippen molar-refractivity contribution in [3.63, 3.8) is 0 Å². The van der Waals surface area contributed by atoms with Crippen LogP contribution in [-0.2, 0) is 9.53 Å². The number of hydrogen-bond acceptors (Lipinski definition) is 3. The molecule has 0 saturated carbocycles. The van der Waals surface area contributed by atoms with Crippen LogP contribution >= 0.6 is 0 Å². The quantitative estimate of drug-likeness (QED) is 0.749. The summed E-state index contributed by atoms with van der Waals surface area (Å²) < 4.78 is 5.30. The predicted molar refractivity (Wildman–Crippen MR) is 57.9 cm³/mol. The van der Waals surface area contributed by atoms with Gasteiger partial charge in [-0.15, -0.1) is 0 Å². The summed E-state index contributed by atoms with van der Waals surface area (Å²) in [7, 11) is 2.04. The van der Waals surface area contributed by atoms with E-state index >= 15 is 0 Å². The Kier molecular flexibility index (Phi) is 4.11. The Bertz CT molecular complexity index is 222. The van der Waals surface area contributed by atoms with Gasteiger partial charge in [-0.1, -0.05) is 0 Å². The van der Waals surface area contributed by atoms with Gasteiger partial charge in [0, 0.05) is 12.6 Å². The Morgan fingerprint density at radius 1 is 1.60 bits per heavy atom. The van der Waals surface area contributed by atoms with Crippen molar-refractivity contribution in [2.45, 2.75) is 32.7 Å². The monoisotopic (exact) mass is 215 g/mol. The van der Waals surface area contributed by atoms with E-state index in [4.69, 9.17) is 9.84 Å². The average molecular weight is 215 g/mol. The van der Waals surface area contributed by atoms with Crippen LogP contribution in [-0.4, -0.2) is 48.8 Å². The number of likely N-dealkylation sites (N-methyl/N-ethyl adjacent to an activating group) is 1. The van der Waals surface area contributed by atoms with E-state index in [9.17, 15) is 4.79 Å². The van der Waals surface area contributed by atoms with E-state index in [2.05, 4.69) is 4.90 Å². The van der Waals surface area contributed by atoms with Crippen molar-refractivity contribution < 1.29 is 14.6 Å². The Balaban J connectivity index is 2.32. The summed E-state index contributed by atoms with van der Waals surface area (Å²) in [5, 5.41) is 8.98. The topological polar surface area (TPSA) is 49.8 Å². The second-order valence-corrected chi connectivity index (χ2v) is 4.94. The number of aliphatic carboxylic acids is 1. The molecule has 0 bridgehead atoms. The molecule has 1 rings (SSSR count). The van der Waals surface area contributed by atoms with Gasteiger partial charge in [0.2, 0.25) is 0 Å². The van der Waals surface area contributed by atoms with Gasteiger partial charge in [-0.2, -0.15) is 0 Å². The van der Waals surface area contributed by atoms with Crippen molar-refractivity contribution in [1.82, 2.24) is 4.90 Å². The van der Waals surface area contributed by atoms with Crippen LogP contribution in [0.5, 0.6) is 0 Å². The highest BCUT2D eigenvalue weighted by Gasteiger charge is 2.28. The first kappa shape index (κ1) is 12.5. The van der Waals surface area contributed by atoms with Crippen molar-refractivity contribution in [2.24, 2.45) is 5.41 Å². The fourth-order valence-corrected chi connectivity index (χ4v) is 1.62. The van der Waals surface area contributed by atoms with E-state index in [1.54, 1.807) is 13.8 Å². The van der Waals surface area contributed by atoms with Crippen molar-refractivity contribution in [3.05, 3.63) is 0 Å². The molecule has 4 nitrogen and oxygen atoms in total. The van der Waals surface area contributed by atoms with E-state index < -0.39 is 11.4 Å². The zero-order chi connectivity index (χ0) is 11.5. The Labute approximate surface area is 91.2 Å². The minimum Gasteiger partial charge on any atom is -0.481 e. The summed E-state index contributed by atoms with van der Waals surface area (Å²) in [6.45, 7) is 5.97. The fourth-order valence-electron chi connectivity index (χ4n) is 1.62. The van der Waals surface area contributed by atoms with Crippen LogP contribution in [0.2, 0.25) is 0 Å². The first-order valence-electron chi connectivity index (χ1n) is 5.45. The maximum Gasteiger partial charge on any atom is 0.309 e. The molecule has 1 aliphatic heterocycles. The molecule has 4 heteroatoms. The third kappa shape index (κ3) is 3.47. The molecule has 1 heterocycles. The molecule has 0 amide bonds. The molecule has 1 aliphatic rings. The van der Waals surface area contributed by atoms with Crippen molar-refractivity contribution >= 4 is 5.97 Å². The summed E-state index contributed by atoms with van der Waals surface area (Å²) in [6, 6.07) is 0.467. The first-order valence-corrected chi connectivity index (χ1v) is 5.45. The maximum atomic E-state index is 10.9. The predicted octanol–water partition coefficient (Wildman–Crippen LogP) is 1.21. The molecular weight excluding hydrogens is 194 g/mol. The highest BCUT2D eigenvalue weighted by atomic mass is 16.5. The van der Waals surface area contributed by atoms with Gasteiger partial charge in [0.1, 0.15) is 0 Å². The number of rotatable bonds is 5. The van der Waals surface area contributed by atoms with Crippen LogP contribution in [0, 0.1) is 5.41 Å². The van der Waals surface area contributed by atoms with Gasteiger partial charge >= 0.3 is 5.97 Å². The summed E-state index contributed by atoms with van der Waals surface area (Å²) in [4.78, 5) is 13.1. The van der Waals surface area contributed by atoms with Crippen LogP contribution < -0.4 is 0 Å². The minimum atomic E-state index is -0.724. The van der Waals surface area contributed by atoms with Crippen molar-refractivity contribution in [2.75, 3.05) is 26.8 Å². The minimum absolute atomic E-state index is 0.467. The number of hydrogen-bond donors (Lipinski definition) is 1. The van der Waals surface area contributed by atoms with Gasteiger partial charge in [-0.3, -0.25) is 4.79 Å². The van der Waals surface area contributed by atoms with Crippen LogP contribution in [0.15, 0.2) is 0 Å². The summed E-state index contributed by atoms with van der Waals surface area (Å²) in [5.41, 5.74) is -0.631. The second kappa shape index (κ2) is 4.94. The maximum absolute atomic E-state index is 10.9. The van der Waals surface area contributed by atoms with Gasteiger partial charge in [0.05, 0.1) is 12.0 Å². The molecule has 1 saturated heterocycles. The van der Waals surface area contributed by atoms with E-state index in [0.717, 1.165) is 26.2 Å². The summed E-state index contributed by atoms with van der Waals surface area (Å²) >= 11 is 0. The summed E-state index contributed by atoms with van der Waals surface area (Å²) in [6.07, 6.45) is 1.74. The molecule has 0 spiro atoms. The fraction of sp³-hybridized carbons (Fsp3) is 0.909. The van der Waals surface area contributed by atoms with Gasteiger partial charge in [-0.05, 0) is 40.3 Å². The van der Waals surface area contributed by atoms with E-state index in [1.807, 2.05) is 7.05 Å². The zero-order valence-electron chi connectivity index (χ0n) is 9.82. The number of carboxylic acids is 1. The van der Waals surface area contributed by atoms with Crippen molar-refractivity contribution in [3.8, 4) is 0 Å². The number of nitrogens with zero attached hydrogens (tertiary/aromatic N) is 1. The number of carboxylic acid groups (broad SMARTS) is 1. The first-order chi connectivity index (χ1) is 6.93. The van der Waals surface area contributed by atoms with Crippen LogP contribution in [0.1, 0.15) is 26.7 Å². The lowest BCUT2D eigenvalue weighted by molar-refractivity contribution is -0.147. The van der Waals surface area contributed by atoms with Crippen LogP contribution in [0.4, 0.5) is 0 Å². The van der Waals surface area contributed by atoms with Gasteiger partial charge in [-0.25, -0.2) is 0 Å². The standard InChI is InChI=1S/C11H21NO3/c1-11(2,10(13)14)5-6-12(3)9-4-7-15-8-9/h9H,4-8H2,1-3H3,(H,13,14). The molecule has 0 aromatic rings. The van der Waals surface area contributed by atoms with Gasteiger partial charge < -0.3 is 14.7 Å². The van der Waals surface area contributed by atoms with Gasteiger partial charge in [0.15, 0.2) is 0 Å². The van der Waals surface area contributed by atoms with Crippen LogP contribution in [0.25, 0.3) is 0 Å². The Hall–Kier alpha value is -0.610. The smallest absolute Gasteiger partial charge is 0.309 e. The highest BCUT2D eigenvalue weighted by molar-refractivity contribution is 5.73. The highest BCUT2D eigenvalue weighted by Crippen LogP contribution is 2.22. The molecule has 15 heavy (non-hydrogen) atoms. The molecule has 1 atom stereocenters. The molecule has 0 aromatic heterocycles. The Morgan fingerprint density at radius 3 is 2.73 bits per heavy atom. The third-order valence-corrected chi connectivity index (χ3v) is 3.20. The summed E-state index contributed by atoms with van der Waals surface area (Å²) in [5.74, 6) is -0.724. The molecular formula is C11H21NO3. The Morgan fingerprint density at radius 2 is 2.27 bits per heavy atom. The van der Waals surface area contributed by atoms with Crippen molar-refractivity contribution in [1.29, 1.82) is 0 Å². The number of carbonyl (C=O) groups is 1. The van der Waals surface area contributed by atoms with E-state index in [-0.39, 0.29) is 0 Å². The number of ether oxygens (including phenoxy) is 1. The van der Waals surface area contributed by atoms with E-state index in [0.29, 0.717) is 12.5 Å². The largest absolute Gasteiger partial charge is 0.481 e. The lowest BCUT2D eigenvalue weighted by Crippen LogP contribution is -2.36. The SMILES string of the molecule is CN(CCC(C)(C)C(=O)O)C1CCOC1. The van der Waals surface area contributed by atoms with Gasteiger partial charge in [0.25, 0.3) is 0 Å². The normalized spacial score (nSPS) is 22.3. The molecule has 1 N–H and O–H groups in total.